The van der Waals surface area contributed by atoms with E-state index in [4.69, 9.17) is 0 Å². The van der Waals surface area contributed by atoms with Crippen LogP contribution in [0.2, 0.25) is 0 Å². The first kappa shape index (κ1) is 19.2. The Bertz CT molecular complexity index is 969. The van der Waals surface area contributed by atoms with Crippen molar-refractivity contribution in [2.75, 3.05) is 5.32 Å². The summed E-state index contributed by atoms with van der Waals surface area (Å²) < 4.78 is 43.3. The highest BCUT2D eigenvalue weighted by Crippen LogP contribution is 2.16. The number of aromatic nitrogens is 2. The number of benzene rings is 2. The molecular formula is C20H16F3N3O2. The van der Waals surface area contributed by atoms with Crippen molar-refractivity contribution < 1.29 is 22.7 Å². The van der Waals surface area contributed by atoms with E-state index in [1.54, 1.807) is 41.2 Å². The molecular weight excluding hydrogens is 371 g/mol. The van der Waals surface area contributed by atoms with Crippen LogP contribution in [0.3, 0.4) is 0 Å². The largest absolute Gasteiger partial charge is 0.435 e. The fourth-order valence-corrected chi connectivity index (χ4v) is 2.45. The van der Waals surface area contributed by atoms with Crippen LogP contribution >= 0.6 is 0 Å². The number of carbonyl (C=O) groups excluding carboxylic acids is 1. The zero-order chi connectivity index (χ0) is 19.9. The van der Waals surface area contributed by atoms with E-state index in [1.165, 1.54) is 36.5 Å². The number of carbonyl (C=O) groups is 1. The third-order valence-corrected chi connectivity index (χ3v) is 3.67. The maximum Gasteiger partial charge on any atom is 0.387 e. The summed E-state index contributed by atoms with van der Waals surface area (Å²) in [5, 5.41) is 6.79. The molecule has 1 amide bonds. The first-order valence-electron chi connectivity index (χ1n) is 8.29. The van der Waals surface area contributed by atoms with Gasteiger partial charge in [0.2, 0.25) is 5.91 Å². The predicted octanol–water partition coefficient (Wildman–Crippen LogP) is 4.32. The smallest absolute Gasteiger partial charge is 0.387 e. The highest BCUT2D eigenvalue weighted by Gasteiger charge is 2.05. The monoisotopic (exact) mass is 387 g/mol. The first-order valence-corrected chi connectivity index (χ1v) is 8.29. The second-order valence-corrected chi connectivity index (χ2v) is 5.83. The van der Waals surface area contributed by atoms with Crippen molar-refractivity contribution in [3.63, 3.8) is 0 Å². The second kappa shape index (κ2) is 8.90. The summed E-state index contributed by atoms with van der Waals surface area (Å²) in [6.07, 6.45) is 5.97. The van der Waals surface area contributed by atoms with Gasteiger partial charge in [0.25, 0.3) is 0 Å². The number of ether oxygens (including phenoxy) is 1. The summed E-state index contributed by atoms with van der Waals surface area (Å²) >= 11 is 0. The van der Waals surface area contributed by atoms with Gasteiger partial charge in [0.15, 0.2) is 0 Å². The van der Waals surface area contributed by atoms with Crippen molar-refractivity contribution in [1.29, 1.82) is 0 Å². The average molecular weight is 387 g/mol. The Hall–Kier alpha value is -3.55. The highest BCUT2D eigenvalue weighted by atomic mass is 19.3. The summed E-state index contributed by atoms with van der Waals surface area (Å²) in [5.41, 5.74) is 1.89. The van der Waals surface area contributed by atoms with Crippen molar-refractivity contribution in [3.8, 4) is 5.75 Å². The van der Waals surface area contributed by atoms with E-state index in [-0.39, 0.29) is 17.5 Å². The molecule has 8 heteroatoms. The lowest BCUT2D eigenvalue weighted by molar-refractivity contribution is -0.111. The summed E-state index contributed by atoms with van der Waals surface area (Å²) in [5.74, 6) is -0.655. The lowest BCUT2D eigenvalue weighted by Crippen LogP contribution is -2.07. The van der Waals surface area contributed by atoms with Crippen LogP contribution in [0.5, 0.6) is 5.75 Å². The molecule has 144 valence electrons. The Balaban J connectivity index is 1.55. The fourth-order valence-electron chi connectivity index (χ4n) is 2.45. The van der Waals surface area contributed by atoms with Crippen LogP contribution in [0, 0.1) is 5.82 Å². The summed E-state index contributed by atoms with van der Waals surface area (Å²) in [4.78, 5) is 12.0. The molecule has 2 aromatic carbocycles. The molecule has 28 heavy (non-hydrogen) atoms. The van der Waals surface area contributed by atoms with Crippen LogP contribution in [0.25, 0.3) is 6.08 Å². The third kappa shape index (κ3) is 5.73. The van der Waals surface area contributed by atoms with Gasteiger partial charge in [-0.3, -0.25) is 9.48 Å². The molecule has 0 aliphatic rings. The molecule has 3 rings (SSSR count). The molecule has 1 heterocycles. The molecule has 1 aromatic heterocycles. The van der Waals surface area contributed by atoms with Gasteiger partial charge in [0.05, 0.1) is 18.4 Å². The van der Waals surface area contributed by atoms with Crippen molar-refractivity contribution in [2.24, 2.45) is 0 Å². The lowest BCUT2D eigenvalue weighted by Gasteiger charge is -2.03. The van der Waals surface area contributed by atoms with Gasteiger partial charge in [0, 0.05) is 12.3 Å². The molecule has 0 aliphatic heterocycles. The molecule has 1 N–H and O–H groups in total. The zero-order valence-corrected chi connectivity index (χ0v) is 14.6. The maximum atomic E-state index is 13.2. The first-order chi connectivity index (χ1) is 13.5. The molecule has 0 atom stereocenters. The fraction of sp³-hybridized carbons (Fsp3) is 0.100. The van der Waals surface area contributed by atoms with Crippen LogP contribution in [0.4, 0.5) is 18.9 Å². The molecule has 0 fully saturated rings. The standard InChI is InChI=1S/C20H16F3N3O2/c21-16-3-1-2-15(10-16)12-26-13-17(11-24-26)25-19(27)9-6-14-4-7-18(8-5-14)28-20(22)23/h1-11,13,20H,12H2,(H,25,27)/b9-6-. The van der Waals surface area contributed by atoms with E-state index in [0.717, 1.165) is 5.56 Å². The number of hydrogen-bond donors (Lipinski definition) is 1. The number of alkyl halides is 2. The molecule has 0 spiro atoms. The van der Waals surface area contributed by atoms with E-state index in [0.29, 0.717) is 17.8 Å². The quantitative estimate of drug-likeness (QED) is 0.614. The van der Waals surface area contributed by atoms with Gasteiger partial charge in [0.1, 0.15) is 11.6 Å². The molecule has 0 unspecified atom stereocenters. The highest BCUT2D eigenvalue weighted by molar-refractivity contribution is 6.01. The number of nitrogens with zero attached hydrogens (tertiary/aromatic N) is 2. The Labute approximate surface area is 159 Å². The van der Waals surface area contributed by atoms with Crippen LogP contribution < -0.4 is 10.1 Å². The lowest BCUT2D eigenvalue weighted by atomic mass is 10.2. The molecule has 0 aliphatic carbocycles. The summed E-state index contributed by atoms with van der Waals surface area (Å²) in [6, 6.07) is 12.1. The second-order valence-electron chi connectivity index (χ2n) is 5.83. The summed E-state index contributed by atoms with van der Waals surface area (Å²) in [6.45, 7) is -2.51. The van der Waals surface area contributed by atoms with Gasteiger partial charge in [-0.1, -0.05) is 24.3 Å². The number of amides is 1. The van der Waals surface area contributed by atoms with Crippen molar-refractivity contribution >= 4 is 17.7 Å². The number of anilines is 1. The van der Waals surface area contributed by atoms with E-state index >= 15 is 0 Å². The van der Waals surface area contributed by atoms with Crippen LogP contribution in [-0.4, -0.2) is 22.3 Å². The van der Waals surface area contributed by atoms with Crippen molar-refractivity contribution in [3.05, 3.63) is 83.9 Å². The van der Waals surface area contributed by atoms with Gasteiger partial charge in [-0.15, -0.1) is 0 Å². The Morgan fingerprint density at radius 2 is 2.00 bits per heavy atom. The van der Waals surface area contributed by atoms with E-state index in [1.807, 2.05) is 0 Å². The number of hydrogen-bond acceptors (Lipinski definition) is 3. The Kier molecular flexibility index (Phi) is 6.11. The number of halogens is 3. The SMILES string of the molecule is O=C(/C=C\c1ccc(OC(F)F)cc1)Nc1cnn(Cc2cccc(F)c2)c1. The van der Waals surface area contributed by atoms with Crippen molar-refractivity contribution in [2.45, 2.75) is 13.2 Å². The van der Waals surface area contributed by atoms with Gasteiger partial charge >= 0.3 is 6.61 Å². The van der Waals surface area contributed by atoms with Crippen molar-refractivity contribution in [1.82, 2.24) is 9.78 Å². The van der Waals surface area contributed by atoms with Gasteiger partial charge < -0.3 is 10.1 Å². The normalized spacial score (nSPS) is 11.1. The Morgan fingerprint density at radius 3 is 2.71 bits per heavy atom. The van der Waals surface area contributed by atoms with Crippen LogP contribution in [-0.2, 0) is 11.3 Å². The van der Waals surface area contributed by atoms with E-state index < -0.39 is 6.61 Å². The summed E-state index contributed by atoms with van der Waals surface area (Å²) in [7, 11) is 0. The minimum Gasteiger partial charge on any atom is -0.435 e. The minimum absolute atomic E-state index is 0.0438. The van der Waals surface area contributed by atoms with E-state index in [2.05, 4.69) is 15.2 Å². The molecule has 0 radical (unpaired) electrons. The maximum absolute atomic E-state index is 13.2. The van der Waals surface area contributed by atoms with E-state index in [9.17, 15) is 18.0 Å². The van der Waals surface area contributed by atoms with Gasteiger partial charge in [-0.05, 0) is 41.5 Å². The predicted molar refractivity (Wildman–Crippen MR) is 98.5 cm³/mol. The molecule has 5 nitrogen and oxygen atoms in total. The number of nitrogens with one attached hydrogen (secondary N) is 1. The minimum atomic E-state index is -2.88. The topological polar surface area (TPSA) is 56.1 Å². The Morgan fingerprint density at radius 1 is 1.21 bits per heavy atom. The number of rotatable bonds is 7. The van der Waals surface area contributed by atoms with Crippen LogP contribution in [0.15, 0.2) is 67.0 Å². The van der Waals surface area contributed by atoms with Gasteiger partial charge in [-0.25, -0.2) is 4.39 Å². The molecule has 0 saturated heterocycles. The molecule has 0 saturated carbocycles. The zero-order valence-electron chi connectivity index (χ0n) is 14.6. The van der Waals surface area contributed by atoms with Gasteiger partial charge in [-0.2, -0.15) is 13.9 Å². The van der Waals surface area contributed by atoms with Crippen LogP contribution in [0.1, 0.15) is 11.1 Å². The average Bonchev–Trinajstić information content (AvgIpc) is 3.07. The molecule has 3 aromatic rings. The molecule has 0 bridgehead atoms. The third-order valence-electron chi connectivity index (χ3n) is 3.67.